The summed E-state index contributed by atoms with van der Waals surface area (Å²) < 4.78 is 12.1. The number of halogens is 1. The van der Waals surface area contributed by atoms with Gasteiger partial charge in [-0.3, -0.25) is 0 Å². The quantitative estimate of drug-likeness (QED) is 0.920. The highest BCUT2D eigenvalue weighted by atomic mass is 79.9. The van der Waals surface area contributed by atoms with Crippen LogP contribution in [-0.2, 0) is 4.74 Å². The van der Waals surface area contributed by atoms with Crippen molar-refractivity contribution in [2.45, 2.75) is 18.9 Å². The smallest absolute Gasteiger partial charge is 0.148 e. The number of rotatable bonds is 2. The number of ether oxygens (including phenoxy) is 1. The zero-order chi connectivity index (χ0) is 12.5. The minimum atomic E-state index is -0.579. The van der Waals surface area contributed by atoms with Gasteiger partial charge in [0.05, 0.1) is 11.1 Å². The van der Waals surface area contributed by atoms with Crippen LogP contribution in [0.3, 0.4) is 0 Å². The molecule has 3 nitrogen and oxygen atoms in total. The number of hydrogen-bond acceptors (Lipinski definition) is 3. The second-order valence-electron chi connectivity index (χ2n) is 4.73. The zero-order valence-electron chi connectivity index (χ0n) is 9.93. The van der Waals surface area contributed by atoms with Crippen LogP contribution in [0.1, 0.15) is 24.7 Å². The zero-order valence-corrected chi connectivity index (χ0v) is 11.5. The molecule has 4 heteroatoms. The average Bonchev–Trinajstić information content (AvgIpc) is 2.84. The Morgan fingerprint density at radius 1 is 1.39 bits per heavy atom. The summed E-state index contributed by atoms with van der Waals surface area (Å²) in [5, 5.41) is 11.4. The van der Waals surface area contributed by atoms with Crippen molar-refractivity contribution in [1.82, 2.24) is 0 Å². The van der Waals surface area contributed by atoms with E-state index < -0.39 is 6.10 Å². The molecule has 1 aromatic heterocycles. The highest BCUT2D eigenvalue weighted by molar-refractivity contribution is 9.10. The minimum absolute atomic E-state index is 0.137. The Morgan fingerprint density at radius 3 is 3.00 bits per heavy atom. The third kappa shape index (κ3) is 2.20. The van der Waals surface area contributed by atoms with E-state index in [-0.39, 0.29) is 5.92 Å². The summed E-state index contributed by atoms with van der Waals surface area (Å²) in [5.74, 6) is 0.769. The molecule has 0 radical (unpaired) electrons. The van der Waals surface area contributed by atoms with Crippen molar-refractivity contribution in [2.24, 2.45) is 5.92 Å². The second kappa shape index (κ2) is 5.03. The summed E-state index contributed by atoms with van der Waals surface area (Å²) in [7, 11) is 0. The average molecular weight is 311 g/mol. The summed E-state index contributed by atoms with van der Waals surface area (Å²) >= 11 is 3.46. The fourth-order valence-electron chi connectivity index (χ4n) is 2.44. The summed E-state index contributed by atoms with van der Waals surface area (Å²) in [4.78, 5) is 0. The van der Waals surface area contributed by atoms with Gasteiger partial charge in [-0.2, -0.15) is 0 Å². The Hall–Kier alpha value is -0.840. The molecule has 2 aromatic rings. The number of fused-ring (bicyclic) bond motifs is 1. The fraction of sp³-hybridized carbons (Fsp3) is 0.429. The van der Waals surface area contributed by atoms with Crippen molar-refractivity contribution >= 4 is 26.9 Å². The van der Waals surface area contributed by atoms with Gasteiger partial charge in [0, 0.05) is 17.9 Å². The van der Waals surface area contributed by atoms with Crippen LogP contribution in [0.15, 0.2) is 33.2 Å². The van der Waals surface area contributed by atoms with Crippen LogP contribution in [0, 0.1) is 5.92 Å². The van der Waals surface area contributed by atoms with Crippen molar-refractivity contribution in [2.75, 3.05) is 13.2 Å². The molecule has 2 atom stereocenters. The van der Waals surface area contributed by atoms with E-state index in [0.717, 1.165) is 34.9 Å². The van der Waals surface area contributed by atoms with Crippen LogP contribution in [0.25, 0.3) is 11.0 Å². The van der Waals surface area contributed by atoms with E-state index in [1.807, 2.05) is 24.3 Å². The molecule has 1 aliphatic heterocycles. The third-order valence-electron chi connectivity index (χ3n) is 3.45. The van der Waals surface area contributed by atoms with E-state index in [0.29, 0.717) is 12.4 Å². The Kier molecular flexibility index (Phi) is 3.41. The molecule has 0 saturated carbocycles. The number of furan rings is 1. The summed E-state index contributed by atoms with van der Waals surface area (Å²) in [5.41, 5.74) is 0.795. The first-order chi connectivity index (χ1) is 8.75. The first-order valence-electron chi connectivity index (χ1n) is 6.19. The standard InChI is InChI=1S/C14H15BrO3/c15-11-5-1-3-9-7-12(18-14(9)11)13(16)10-4-2-6-17-8-10/h1,3,5,7,10,13,16H,2,4,6,8H2. The molecule has 1 aromatic carbocycles. The van der Waals surface area contributed by atoms with E-state index >= 15 is 0 Å². The van der Waals surface area contributed by atoms with E-state index in [4.69, 9.17) is 9.15 Å². The van der Waals surface area contributed by atoms with Crippen LogP contribution in [0.4, 0.5) is 0 Å². The lowest BCUT2D eigenvalue weighted by Gasteiger charge is -2.25. The predicted molar refractivity (Wildman–Crippen MR) is 72.4 cm³/mol. The maximum atomic E-state index is 10.3. The van der Waals surface area contributed by atoms with Crippen LogP contribution in [0.5, 0.6) is 0 Å². The molecule has 1 saturated heterocycles. The van der Waals surface area contributed by atoms with Crippen LogP contribution < -0.4 is 0 Å². The molecule has 1 aliphatic rings. The molecule has 18 heavy (non-hydrogen) atoms. The largest absolute Gasteiger partial charge is 0.457 e. The Morgan fingerprint density at radius 2 is 2.28 bits per heavy atom. The summed E-state index contributed by atoms with van der Waals surface area (Å²) in [6.45, 7) is 1.41. The molecule has 3 rings (SSSR count). The topological polar surface area (TPSA) is 42.6 Å². The number of benzene rings is 1. The van der Waals surface area contributed by atoms with Gasteiger partial charge < -0.3 is 14.3 Å². The van der Waals surface area contributed by atoms with Crippen LogP contribution >= 0.6 is 15.9 Å². The second-order valence-corrected chi connectivity index (χ2v) is 5.58. The summed E-state index contributed by atoms with van der Waals surface area (Å²) in [6.07, 6.45) is 1.41. The van der Waals surface area contributed by atoms with Gasteiger partial charge in [-0.15, -0.1) is 0 Å². The molecule has 96 valence electrons. The number of hydrogen-bond donors (Lipinski definition) is 1. The van der Waals surface area contributed by atoms with Crippen molar-refractivity contribution in [1.29, 1.82) is 0 Å². The van der Waals surface area contributed by atoms with Gasteiger partial charge in [0.1, 0.15) is 17.4 Å². The summed E-state index contributed by atoms with van der Waals surface area (Å²) in [6, 6.07) is 7.80. The van der Waals surface area contributed by atoms with Crippen LogP contribution in [0.2, 0.25) is 0 Å². The molecule has 0 spiro atoms. The SMILES string of the molecule is OC(c1cc2cccc(Br)c2o1)C1CCCOC1. The molecule has 2 heterocycles. The van der Waals surface area contributed by atoms with Gasteiger partial charge >= 0.3 is 0 Å². The van der Waals surface area contributed by atoms with Gasteiger partial charge in [0.15, 0.2) is 0 Å². The first-order valence-corrected chi connectivity index (χ1v) is 6.99. The maximum absolute atomic E-state index is 10.3. The van der Waals surface area contributed by atoms with Crippen molar-refractivity contribution < 1.29 is 14.3 Å². The van der Waals surface area contributed by atoms with E-state index in [9.17, 15) is 5.11 Å². The third-order valence-corrected chi connectivity index (χ3v) is 4.07. The van der Waals surface area contributed by atoms with E-state index in [1.54, 1.807) is 0 Å². The van der Waals surface area contributed by atoms with Crippen molar-refractivity contribution in [3.8, 4) is 0 Å². The fourth-order valence-corrected chi connectivity index (χ4v) is 2.90. The number of aliphatic hydroxyl groups is 1. The molecular formula is C14H15BrO3. The van der Waals surface area contributed by atoms with Gasteiger partial charge in [0.2, 0.25) is 0 Å². The maximum Gasteiger partial charge on any atom is 0.148 e. The first kappa shape index (κ1) is 12.2. The van der Waals surface area contributed by atoms with E-state index in [2.05, 4.69) is 15.9 Å². The van der Waals surface area contributed by atoms with Gasteiger partial charge in [-0.05, 0) is 40.9 Å². The number of para-hydroxylation sites is 1. The lowest BCUT2D eigenvalue weighted by Crippen LogP contribution is -2.23. The molecule has 1 N–H and O–H groups in total. The van der Waals surface area contributed by atoms with Crippen molar-refractivity contribution in [3.05, 3.63) is 34.5 Å². The lowest BCUT2D eigenvalue weighted by atomic mass is 9.94. The van der Waals surface area contributed by atoms with Crippen molar-refractivity contribution in [3.63, 3.8) is 0 Å². The Bertz CT molecular complexity index is 543. The van der Waals surface area contributed by atoms with Gasteiger partial charge in [0.25, 0.3) is 0 Å². The molecular weight excluding hydrogens is 296 g/mol. The highest BCUT2D eigenvalue weighted by Crippen LogP contribution is 2.34. The molecule has 0 amide bonds. The van der Waals surface area contributed by atoms with E-state index in [1.165, 1.54) is 0 Å². The Labute approximate surface area is 114 Å². The molecule has 0 aliphatic carbocycles. The lowest BCUT2D eigenvalue weighted by molar-refractivity contribution is -0.0173. The molecule has 2 unspecified atom stereocenters. The number of aliphatic hydroxyl groups excluding tert-OH is 1. The normalized spacial score (nSPS) is 22.2. The molecule has 0 bridgehead atoms. The Balaban J connectivity index is 1.91. The van der Waals surface area contributed by atoms with Gasteiger partial charge in [-0.1, -0.05) is 12.1 Å². The monoisotopic (exact) mass is 310 g/mol. The highest BCUT2D eigenvalue weighted by Gasteiger charge is 2.26. The predicted octanol–water partition coefficient (Wildman–Crippen LogP) is 3.66. The minimum Gasteiger partial charge on any atom is -0.457 e. The van der Waals surface area contributed by atoms with Gasteiger partial charge in [-0.25, -0.2) is 0 Å². The van der Waals surface area contributed by atoms with Crippen LogP contribution in [-0.4, -0.2) is 18.3 Å². The molecule has 1 fully saturated rings.